The lowest BCUT2D eigenvalue weighted by molar-refractivity contribution is -0.161. The Kier molecular flexibility index (Phi) is 56.6. The molecular weight excluding hydrogens is 1150 g/mol. The number of hydrogen-bond acceptors (Lipinski definition) is 15. The van der Waals surface area contributed by atoms with Gasteiger partial charge >= 0.3 is 39.5 Å². The standard InChI is InChI=1S/C68H132O17P2/c1-9-61(8)47-39-31-21-16-14-12-10-11-13-15-17-22-34-42-50-67(72)84-63(54-78-65(70)48-40-32-26-24-29-37-45-59(4)5)56-82-86(74,75)80-52-62(69)53-81-87(76,77)83-57-64(55-79-66(71)49-41-33-27-25-30-38-46-60(6)7)85-68(73)51-43-35-23-19-18-20-28-36-44-58(2)3/h58-64,69H,9-57H2,1-8H3,(H,74,75)(H,76,77)/t61?,62-,63+,64+/m0/s1. The molecule has 3 N–H and O–H groups in total. The van der Waals surface area contributed by atoms with E-state index in [9.17, 15) is 43.2 Å². The third-order valence-electron chi connectivity index (χ3n) is 15.9. The third kappa shape index (κ3) is 61.3. The summed E-state index contributed by atoms with van der Waals surface area (Å²) in [5.74, 6) is 0.785. The molecule has 0 aliphatic rings. The summed E-state index contributed by atoms with van der Waals surface area (Å²) < 4.78 is 68.1. The maximum Gasteiger partial charge on any atom is 0.472 e. The maximum atomic E-state index is 13.0. The minimum absolute atomic E-state index is 0.103. The molecule has 0 aromatic rings. The van der Waals surface area contributed by atoms with Crippen molar-refractivity contribution in [2.45, 2.75) is 350 Å². The van der Waals surface area contributed by atoms with Crippen LogP contribution in [0, 0.1) is 23.7 Å². The molecule has 19 heteroatoms. The fourth-order valence-electron chi connectivity index (χ4n) is 10.1. The fourth-order valence-corrected chi connectivity index (χ4v) is 11.7. The summed E-state index contributed by atoms with van der Waals surface area (Å²) in [5.41, 5.74) is 0. The van der Waals surface area contributed by atoms with E-state index in [4.69, 9.17) is 37.0 Å². The van der Waals surface area contributed by atoms with Crippen LogP contribution < -0.4 is 0 Å². The molecule has 0 radical (unpaired) electrons. The Morgan fingerprint density at radius 3 is 0.816 bits per heavy atom. The highest BCUT2D eigenvalue weighted by Crippen LogP contribution is 2.45. The van der Waals surface area contributed by atoms with E-state index in [2.05, 4.69) is 55.4 Å². The van der Waals surface area contributed by atoms with Gasteiger partial charge in [-0.05, 0) is 49.4 Å². The summed E-state index contributed by atoms with van der Waals surface area (Å²) in [6.07, 6.45) is 39.3. The number of aliphatic hydroxyl groups is 1. The van der Waals surface area contributed by atoms with Gasteiger partial charge in [0.05, 0.1) is 26.4 Å². The predicted octanol–water partition coefficient (Wildman–Crippen LogP) is 18.9. The molecule has 0 aliphatic heterocycles. The molecule has 17 nitrogen and oxygen atoms in total. The van der Waals surface area contributed by atoms with Gasteiger partial charge in [-0.1, -0.05) is 280 Å². The van der Waals surface area contributed by atoms with Crippen LogP contribution in [0.15, 0.2) is 0 Å². The molecule has 0 aromatic carbocycles. The molecule has 0 aromatic heterocycles. The lowest BCUT2D eigenvalue weighted by Crippen LogP contribution is -2.30. The number of carbonyl (C=O) groups is 4. The van der Waals surface area contributed by atoms with E-state index in [1.54, 1.807) is 0 Å². The van der Waals surface area contributed by atoms with E-state index in [1.807, 2.05) is 0 Å². The van der Waals surface area contributed by atoms with Gasteiger partial charge in [0.2, 0.25) is 0 Å². The highest BCUT2D eigenvalue weighted by Gasteiger charge is 2.30. The van der Waals surface area contributed by atoms with E-state index in [-0.39, 0.29) is 25.7 Å². The van der Waals surface area contributed by atoms with Crippen molar-refractivity contribution >= 4 is 39.5 Å². The molecule has 0 spiro atoms. The molecule has 0 bridgehead atoms. The molecule has 0 saturated heterocycles. The first-order valence-corrected chi connectivity index (χ1v) is 38.2. The van der Waals surface area contributed by atoms with Crippen molar-refractivity contribution in [2.75, 3.05) is 39.6 Å². The van der Waals surface area contributed by atoms with Crippen LogP contribution in [0.25, 0.3) is 0 Å². The van der Waals surface area contributed by atoms with Gasteiger partial charge in [-0.2, -0.15) is 0 Å². The van der Waals surface area contributed by atoms with Gasteiger partial charge in [0.1, 0.15) is 19.3 Å². The van der Waals surface area contributed by atoms with Gasteiger partial charge in [-0.3, -0.25) is 37.3 Å². The van der Waals surface area contributed by atoms with Crippen LogP contribution in [0.5, 0.6) is 0 Å². The predicted molar refractivity (Wildman–Crippen MR) is 349 cm³/mol. The quantitative estimate of drug-likeness (QED) is 0.0222. The van der Waals surface area contributed by atoms with Crippen LogP contribution >= 0.6 is 15.6 Å². The molecule has 0 saturated carbocycles. The molecule has 516 valence electrons. The zero-order valence-electron chi connectivity index (χ0n) is 56.6. The molecule has 3 unspecified atom stereocenters. The van der Waals surface area contributed by atoms with Crippen molar-refractivity contribution < 1.29 is 80.2 Å². The van der Waals surface area contributed by atoms with E-state index in [0.29, 0.717) is 37.5 Å². The Morgan fingerprint density at radius 1 is 0.322 bits per heavy atom. The lowest BCUT2D eigenvalue weighted by Gasteiger charge is -2.21. The Hall–Kier alpha value is -1.94. The number of phosphoric acid groups is 2. The Labute approximate surface area is 530 Å². The summed E-state index contributed by atoms with van der Waals surface area (Å²) in [5, 5.41) is 10.6. The molecule has 0 rings (SSSR count). The number of phosphoric ester groups is 2. The molecule has 6 atom stereocenters. The highest BCUT2D eigenvalue weighted by molar-refractivity contribution is 7.47. The number of hydrogen-bond donors (Lipinski definition) is 3. The number of rotatable bonds is 65. The van der Waals surface area contributed by atoms with Crippen LogP contribution in [-0.4, -0.2) is 96.7 Å². The topological polar surface area (TPSA) is 237 Å². The minimum atomic E-state index is -4.95. The number of aliphatic hydroxyl groups excluding tert-OH is 1. The molecular formula is C68H132O17P2. The SMILES string of the molecule is CCC(C)CCCCCCCCCCCCCCCCC(=O)O[C@H](COC(=O)CCCCCCCCC(C)C)COP(=O)(O)OC[C@H](O)COP(=O)(O)OC[C@@H](COC(=O)CCCCCCCCC(C)C)OC(=O)CCCCCCCCCCC(C)C. The van der Waals surface area contributed by atoms with Gasteiger partial charge in [0.15, 0.2) is 12.2 Å². The summed E-state index contributed by atoms with van der Waals surface area (Å²) in [4.78, 5) is 72.3. The monoisotopic (exact) mass is 1280 g/mol. The maximum absolute atomic E-state index is 13.0. The second-order valence-electron chi connectivity index (χ2n) is 26.2. The van der Waals surface area contributed by atoms with Crippen LogP contribution in [0.1, 0.15) is 331 Å². The molecule has 0 fully saturated rings. The van der Waals surface area contributed by atoms with E-state index < -0.39 is 97.5 Å². The Morgan fingerprint density at radius 2 is 0.552 bits per heavy atom. The summed E-state index contributed by atoms with van der Waals surface area (Å²) in [6.45, 7) is 14.0. The first kappa shape index (κ1) is 85.1. The van der Waals surface area contributed by atoms with Crippen LogP contribution in [0.2, 0.25) is 0 Å². The largest absolute Gasteiger partial charge is 0.472 e. The Bertz CT molecular complexity index is 1730. The third-order valence-corrected chi connectivity index (χ3v) is 17.8. The van der Waals surface area contributed by atoms with E-state index in [1.165, 1.54) is 122 Å². The van der Waals surface area contributed by atoms with Crippen LogP contribution in [-0.2, 0) is 65.4 Å². The minimum Gasteiger partial charge on any atom is -0.462 e. The molecule has 0 amide bonds. The van der Waals surface area contributed by atoms with E-state index >= 15 is 0 Å². The van der Waals surface area contributed by atoms with Crippen molar-refractivity contribution in [3.05, 3.63) is 0 Å². The van der Waals surface area contributed by atoms with Crippen molar-refractivity contribution in [3.8, 4) is 0 Å². The number of ether oxygens (including phenoxy) is 4. The Balaban J connectivity index is 5.20. The first-order chi connectivity index (χ1) is 41.6. The van der Waals surface area contributed by atoms with Gasteiger partial charge in [0, 0.05) is 25.7 Å². The smallest absolute Gasteiger partial charge is 0.462 e. The lowest BCUT2D eigenvalue weighted by atomic mass is 9.99. The number of esters is 4. The van der Waals surface area contributed by atoms with Gasteiger partial charge in [0.25, 0.3) is 0 Å². The second-order valence-corrected chi connectivity index (χ2v) is 29.1. The van der Waals surface area contributed by atoms with Crippen LogP contribution in [0.3, 0.4) is 0 Å². The summed E-state index contributed by atoms with van der Waals surface area (Å²) >= 11 is 0. The first-order valence-electron chi connectivity index (χ1n) is 35.2. The molecule has 0 heterocycles. The van der Waals surface area contributed by atoms with Gasteiger partial charge < -0.3 is 33.8 Å². The zero-order chi connectivity index (χ0) is 64.7. The summed E-state index contributed by atoms with van der Waals surface area (Å²) in [6, 6.07) is 0. The van der Waals surface area contributed by atoms with Crippen molar-refractivity contribution in [3.63, 3.8) is 0 Å². The van der Waals surface area contributed by atoms with Crippen molar-refractivity contribution in [1.29, 1.82) is 0 Å². The highest BCUT2D eigenvalue weighted by atomic mass is 31.2. The van der Waals surface area contributed by atoms with E-state index in [0.717, 1.165) is 115 Å². The van der Waals surface area contributed by atoms with Crippen molar-refractivity contribution in [1.82, 2.24) is 0 Å². The average molecular weight is 1280 g/mol. The summed E-state index contributed by atoms with van der Waals surface area (Å²) in [7, 11) is -9.90. The normalized spacial score (nSPS) is 14.6. The van der Waals surface area contributed by atoms with Gasteiger partial charge in [-0.25, -0.2) is 9.13 Å². The van der Waals surface area contributed by atoms with Gasteiger partial charge in [-0.15, -0.1) is 0 Å². The number of unbranched alkanes of at least 4 members (excludes halogenated alkanes) is 30. The van der Waals surface area contributed by atoms with Crippen molar-refractivity contribution in [2.24, 2.45) is 23.7 Å². The second kappa shape index (κ2) is 57.9. The molecule has 87 heavy (non-hydrogen) atoms. The zero-order valence-corrected chi connectivity index (χ0v) is 58.4. The fraction of sp³-hybridized carbons (Fsp3) is 0.941. The number of carbonyl (C=O) groups excluding carboxylic acids is 4. The van der Waals surface area contributed by atoms with Crippen LogP contribution in [0.4, 0.5) is 0 Å². The average Bonchev–Trinajstić information content (AvgIpc) is 3.66. The molecule has 0 aliphatic carbocycles.